The summed E-state index contributed by atoms with van der Waals surface area (Å²) in [6.07, 6.45) is 0. The van der Waals surface area contributed by atoms with E-state index >= 15 is 0 Å². The van der Waals surface area contributed by atoms with E-state index in [4.69, 9.17) is 4.74 Å². The number of amides is 1. The Kier molecular flexibility index (Phi) is 4.01. The molecule has 0 saturated heterocycles. The van der Waals surface area contributed by atoms with Crippen LogP contribution in [0.5, 0.6) is 5.75 Å². The SMILES string of the molecule is CC(Nc1ccccc1I)c1ccc2c(c1)NC(=O)CO2. The van der Waals surface area contributed by atoms with Crippen molar-refractivity contribution in [2.45, 2.75) is 13.0 Å². The van der Waals surface area contributed by atoms with Gasteiger partial charge in [-0.05, 0) is 59.3 Å². The van der Waals surface area contributed by atoms with Crippen LogP contribution in [0.25, 0.3) is 0 Å². The number of carbonyl (C=O) groups is 1. The van der Waals surface area contributed by atoms with Gasteiger partial charge in [-0.25, -0.2) is 0 Å². The number of nitrogens with one attached hydrogen (secondary N) is 2. The Balaban J connectivity index is 1.82. The number of fused-ring (bicyclic) bond motifs is 1. The first-order valence-electron chi connectivity index (χ1n) is 6.71. The summed E-state index contributed by atoms with van der Waals surface area (Å²) >= 11 is 2.31. The topological polar surface area (TPSA) is 50.4 Å². The molecule has 0 spiro atoms. The first-order chi connectivity index (χ1) is 10.1. The van der Waals surface area contributed by atoms with Gasteiger partial charge in [0.15, 0.2) is 6.61 Å². The summed E-state index contributed by atoms with van der Waals surface area (Å²) in [5.74, 6) is 0.609. The zero-order valence-corrected chi connectivity index (χ0v) is 13.7. The Morgan fingerprint density at radius 1 is 1.29 bits per heavy atom. The maximum atomic E-state index is 11.4. The highest BCUT2D eigenvalue weighted by molar-refractivity contribution is 14.1. The summed E-state index contributed by atoms with van der Waals surface area (Å²) in [4.78, 5) is 11.4. The second-order valence-electron chi connectivity index (χ2n) is 4.94. The monoisotopic (exact) mass is 394 g/mol. The number of para-hydroxylation sites is 1. The molecule has 0 aromatic heterocycles. The number of halogens is 1. The van der Waals surface area contributed by atoms with E-state index in [1.54, 1.807) is 0 Å². The number of anilines is 2. The molecule has 4 nitrogen and oxygen atoms in total. The summed E-state index contributed by atoms with van der Waals surface area (Å²) in [7, 11) is 0. The van der Waals surface area contributed by atoms with Crippen molar-refractivity contribution in [3.05, 3.63) is 51.6 Å². The van der Waals surface area contributed by atoms with Crippen molar-refractivity contribution in [2.24, 2.45) is 0 Å². The highest BCUT2D eigenvalue weighted by Gasteiger charge is 2.17. The molecule has 2 N–H and O–H groups in total. The zero-order valence-electron chi connectivity index (χ0n) is 11.5. The maximum absolute atomic E-state index is 11.4. The molecule has 1 atom stereocenters. The van der Waals surface area contributed by atoms with Crippen LogP contribution >= 0.6 is 22.6 Å². The molecule has 0 radical (unpaired) electrons. The van der Waals surface area contributed by atoms with Crippen LogP contribution in [0.1, 0.15) is 18.5 Å². The minimum absolute atomic E-state index is 0.0857. The van der Waals surface area contributed by atoms with E-state index in [0.29, 0.717) is 0 Å². The normalized spacial score (nSPS) is 14.7. The third-order valence-corrected chi connectivity index (χ3v) is 4.32. The first kappa shape index (κ1) is 14.2. The lowest BCUT2D eigenvalue weighted by Gasteiger charge is -2.21. The van der Waals surface area contributed by atoms with E-state index in [9.17, 15) is 4.79 Å². The Bertz CT molecular complexity index is 688. The Morgan fingerprint density at radius 3 is 2.90 bits per heavy atom. The third kappa shape index (κ3) is 3.12. The number of benzene rings is 2. The maximum Gasteiger partial charge on any atom is 0.262 e. The molecule has 1 heterocycles. The molecule has 1 amide bonds. The van der Waals surface area contributed by atoms with Gasteiger partial charge < -0.3 is 15.4 Å². The van der Waals surface area contributed by atoms with Crippen LogP contribution in [0.2, 0.25) is 0 Å². The van der Waals surface area contributed by atoms with Gasteiger partial charge in [-0.1, -0.05) is 18.2 Å². The molecule has 3 rings (SSSR count). The van der Waals surface area contributed by atoms with Gasteiger partial charge >= 0.3 is 0 Å². The van der Waals surface area contributed by atoms with Gasteiger partial charge in [0, 0.05) is 15.3 Å². The number of hydrogen-bond acceptors (Lipinski definition) is 3. The Hall–Kier alpha value is -1.76. The summed E-state index contributed by atoms with van der Waals surface area (Å²) in [6.45, 7) is 2.18. The average Bonchev–Trinajstić information content (AvgIpc) is 2.48. The molecule has 5 heteroatoms. The van der Waals surface area contributed by atoms with Crippen LogP contribution in [-0.4, -0.2) is 12.5 Å². The fraction of sp³-hybridized carbons (Fsp3) is 0.188. The zero-order chi connectivity index (χ0) is 14.8. The fourth-order valence-corrected chi connectivity index (χ4v) is 2.81. The molecule has 1 aliphatic rings. The Morgan fingerprint density at radius 2 is 2.10 bits per heavy atom. The van der Waals surface area contributed by atoms with Crippen molar-refractivity contribution >= 4 is 39.9 Å². The highest BCUT2D eigenvalue weighted by atomic mass is 127. The van der Waals surface area contributed by atoms with E-state index < -0.39 is 0 Å². The molecule has 0 aliphatic carbocycles. The quantitative estimate of drug-likeness (QED) is 0.779. The van der Waals surface area contributed by atoms with Crippen LogP contribution in [0, 0.1) is 3.57 Å². The predicted octanol–water partition coefficient (Wildman–Crippen LogP) is 3.80. The largest absolute Gasteiger partial charge is 0.482 e. The molecule has 0 bridgehead atoms. The average molecular weight is 394 g/mol. The third-order valence-electron chi connectivity index (χ3n) is 3.38. The van der Waals surface area contributed by atoms with Crippen molar-refractivity contribution in [1.29, 1.82) is 0 Å². The lowest BCUT2D eigenvalue weighted by molar-refractivity contribution is -0.118. The van der Waals surface area contributed by atoms with Crippen molar-refractivity contribution in [3.8, 4) is 5.75 Å². The van der Waals surface area contributed by atoms with E-state index in [0.717, 1.165) is 22.7 Å². The molecule has 1 aliphatic heterocycles. The van der Waals surface area contributed by atoms with Gasteiger partial charge in [0.2, 0.25) is 0 Å². The highest BCUT2D eigenvalue weighted by Crippen LogP contribution is 2.32. The van der Waals surface area contributed by atoms with E-state index in [1.165, 1.54) is 3.57 Å². The van der Waals surface area contributed by atoms with Gasteiger partial charge in [-0.15, -0.1) is 0 Å². The molecule has 0 saturated carbocycles. The van der Waals surface area contributed by atoms with Gasteiger partial charge in [-0.2, -0.15) is 0 Å². The van der Waals surface area contributed by atoms with Gasteiger partial charge in [0.25, 0.3) is 5.91 Å². The van der Waals surface area contributed by atoms with Gasteiger partial charge in [0.05, 0.1) is 5.69 Å². The van der Waals surface area contributed by atoms with Crippen molar-refractivity contribution in [2.75, 3.05) is 17.2 Å². The predicted molar refractivity (Wildman–Crippen MR) is 91.8 cm³/mol. The molecule has 2 aromatic carbocycles. The van der Waals surface area contributed by atoms with Crippen LogP contribution in [0.4, 0.5) is 11.4 Å². The molecule has 1 unspecified atom stereocenters. The van der Waals surface area contributed by atoms with Gasteiger partial charge in [-0.3, -0.25) is 4.79 Å². The number of carbonyl (C=O) groups excluding carboxylic acids is 1. The summed E-state index contributed by atoms with van der Waals surface area (Å²) < 4.78 is 6.55. The number of rotatable bonds is 3. The van der Waals surface area contributed by atoms with Crippen molar-refractivity contribution in [1.82, 2.24) is 0 Å². The molecule has 108 valence electrons. The molecule has 2 aromatic rings. The van der Waals surface area contributed by atoms with Crippen molar-refractivity contribution < 1.29 is 9.53 Å². The Labute approximate surface area is 137 Å². The minimum atomic E-state index is -0.113. The smallest absolute Gasteiger partial charge is 0.262 e. The van der Waals surface area contributed by atoms with E-state index in [2.05, 4.69) is 52.3 Å². The lowest BCUT2D eigenvalue weighted by Crippen LogP contribution is -2.25. The summed E-state index contributed by atoms with van der Waals surface area (Å²) in [5, 5.41) is 6.32. The first-order valence-corrected chi connectivity index (χ1v) is 7.79. The molecular weight excluding hydrogens is 379 g/mol. The van der Waals surface area contributed by atoms with Crippen LogP contribution in [-0.2, 0) is 4.79 Å². The number of hydrogen-bond donors (Lipinski definition) is 2. The van der Waals surface area contributed by atoms with Crippen LogP contribution in [0.15, 0.2) is 42.5 Å². The lowest BCUT2D eigenvalue weighted by atomic mass is 10.1. The van der Waals surface area contributed by atoms with Crippen LogP contribution in [0.3, 0.4) is 0 Å². The molecular formula is C16H15IN2O2. The van der Waals surface area contributed by atoms with E-state index in [-0.39, 0.29) is 18.6 Å². The minimum Gasteiger partial charge on any atom is -0.482 e. The second-order valence-corrected chi connectivity index (χ2v) is 6.10. The van der Waals surface area contributed by atoms with Crippen LogP contribution < -0.4 is 15.4 Å². The molecule has 21 heavy (non-hydrogen) atoms. The number of ether oxygens (including phenoxy) is 1. The standard InChI is InChI=1S/C16H15IN2O2/c1-10(18-13-5-3-2-4-12(13)17)11-6-7-15-14(8-11)19-16(20)9-21-15/h2-8,10,18H,9H2,1H3,(H,19,20). The second kappa shape index (κ2) is 5.93. The van der Waals surface area contributed by atoms with E-state index in [1.807, 2.05) is 30.3 Å². The van der Waals surface area contributed by atoms with Crippen molar-refractivity contribution in [3.63, 3.8) is 0 Å². The van der Waals surface area contributed by atoms with Gasteiger partial charge in [0.1, 0.15) is 5.75 Å². The summed E-state index contributed by atoms with van der Waals surface area (Å²) in [5.41, 5.74) is 2.93. The summed E-state index contributed by atoms with van der Waals surface area (Å²) in [6, 6.07) is 14.2. The molecule has 0 fully saturated rings. The fourth-order valence-electron chi connectivity index (χ4n) is 2.26.